The van der Waals surface area contributed by atoms with Gasteiger partial charge in [0.15, 0.2) is 0 Å². The number of sulfonamides is 1. The summed E-state index contributed by atoms with van der Waals surface area (Å²) in [6.45, 7) is 5.02. The van der Waals surface area contributed by atoms with Crippen LogP contribution >= 0.6 is 0 Å². The van der Waals surface area contributed by atoms with E-state index in [1.165, 1.54) is 5.57 Å². The summed E-state index contributed by atoms with van der Waals surface area (Å²) in [5.74, 6) is 0. The third-order valence-electron chi connectivity index (χ3n) is 3.10. The summed E-state index contributed by atoms with van der Waals surface area (Å²) in [6.07, 6.45) is 8.26. The first-order valence-electron chi connectivity index (χ1n) is 6.12. The first-order valence-corrected chi connectivity index (χ1v) is 8.01. The lowest BCUT2D eigenvalue weighted by Crippen LogP contribution is -2.56. The molecule has 0 fully saturated rings. The second-order valence-electron chi connectivity index (χ2n) is 4.83. The summed E-state index contributed by atoms with van der Waals surface area (Å²) < 4.78 is 24.3. The highest BCUT2D eigenvalue weighted by Gasteiger charge is 2.29. The van der Waals surface area contributed by atoms with E-state index in [4.69, 9.17) is 5.73 Å². The largest absolute Gasteiger partial charge is 0.323 e. The molecule has 0 aliphatic heterocycles. The van der Waals surface area contributed by atoms with Crippen LogP contribution in [-0.4, -0.2) is 39.3 Å². The molecular weight excluding hydrogens is 250 g/mol. The maximum absolute atomic E-state index is 10.9. The molecule has 1 aliphatic carbocycles. The molecule has 0 aromatic rings. The highest BCUT2D eigenvalue weighted by atomic mass is 32.2. The van der Waals surface area contributed by atoms with Crippen molar-refractivity contribution < 1.29 is 8.42 Å². The van der Waals surface area contributed by atoms with Crippen LogP contribution in [0.15, 0.2) is 23.8 Å². The number of allylic oxidation sites excluding steroid dienone is 2. The molecule has 0 radical (unpaired) electrons. The highest BCUT2D eigenvalue weighted by Crippen LogP contribution is 2.21. The van der Waals surface area contributed by atoms with Gasteiger partial charge in [0.05, 0.1) is 11.8 Å². The molecule has 2 unspecified atom stereocenters. The lowest BCUT2D eigenvalue weighted by atomic mass is 9.85. The molecule has 2 atom stereocenters. The predicted molar refractivity (Wildman–Crippen MR) is 74.7 cm³/mol. The zero-order chi connectivity index (χ0) is 13.8. The summed E-state index contributed by atoms with van der Waals surface area (Å²) in [7, 11) is -3.13. The van der Waals surface area contributed by atoms with Gasteiger partial charge in [-0.25, -0.2) is 13.1 Å². The van der Waals surface area contributed by atoms with Gasteiger partial charge < -0.3 is 11.1 Å². The van der Waals surface area contributed by atoms with Crippen molar-refractivity contribution >= 4 is 10.0 Å². The van der Waals surface area contributed by atoms with E-state index in [2.05, 4.69) is 23.0 Å². The summed E-state index contributed by atoms with van der Waals surface area (Å²) in [5.41, 5.74) is 6.98. The number of rotatable bonds is 6. The van der Waals surface area contributed by atoms with Crippen molar-refractivity contribution in [3.05, 3.63) is 23.8 Å². The second-order valence-corrected chi connectivity index (χ2v) is 6.67. The average Bonchev–Trinajstić information content (AvgIpc) is 2.27. The fraction of sp³-hybridized carbons (Fsp3) is 0.667. The van der Waals surface area contributed by atoms with Gasteiger partial charge in [0.25, 0.3) is 0 Å². The van der Waals surface area contributed by atoms with Gasteiger partial charge in [-0.3, -0.25) is 0 Å². The lowest BCUT2D eigenvalue weighted by molar-refractivity contribution is 0.394. The topological polar surface area (TPSA) is 84.2 Å². The molecule has 0 amide bonds. The molecule has 1 rings (SSSR count). The second kappa shape index (κ2) is 5.97. The summed E-state index contributed by atoms with van der Waals surface area (Å²) in [6, 6.07) is -0.106. The van der Waals surface area contributed by atoms with Crippen molar-refractivity contribution in [1.82, 2.24) is 10.0 Å². The van der Waals surface area contributed by atoms with Crippen LogP contribution in [0.3, 0.4) is 0 Å². The molecule has 0 saturated heterocycles. The molecule has 0 heterocycles. The van der Waals surface area contributed by atoms with E-state index in [9.17, 15) is 8.42 Å². The molecule has 0 saturated carbocycles. The van der Waals surface area contributed by atoms with Crippen LogP contribution in [0.5, 0.6) is 0 Å². The fourth-order valence-electron chi connectivity index (χ4n) is 1.91. The smallest absolute Gasteiger partial charge is 0.208 e. The molecule has 6 heteroatoms. The van der Waals surface area contributed by atoms with Crippen molar-refractivity contribution in [3.8, 4) is 0 Å². The Morgan fingerprint density at radius 3 is 2.67 bits per heavy atom. The molecular formula is C12H23N3O2S. The number of hydrogen-bond acceptors (Lipinski definition) is 4. The minimum absolute atomic E-state index is 0.106. The molecule has 18 heavy (non-hydrogen) atoms. The van der Waals surface area contributed by atoms with Crippen LogP contribution in [-0.2, 0) is 10.0 Å². The van der Waals surface area contributed by atoms with E-state index in [1.807, 2.05) is 19.1 Å². The van der Waals surface area contributed by atoms with E-state index in [-0.39, 0.29) is 11.6 Å². The SMILES string of the molecule is CCC1=CC(C)(NCCNS(C)(=O)=O)C(N)C=C1. The Kier molecular flexibility index (Phi) is 5.10. The fourth-order valence-corrected chi connectivity index (χ4v) is 2.39. The van der Waals surface area contributed by atoms with Crippen LogP contribution in [0.2, 0.25) is 0 Å². The third kappa shape index (κ3) is 4.53. The van der Waals surface area contributed by atoms with Gasteiger partial charge in [-0.1, -0.05) is 30.7 Å². The standard InChI is InChI=1S/C12H23N3O2S/c1-4-10-5-6-11(13)12(2,9-10)14-7-8-15-18(3,16)17/h5-6,9,11,14-15H,4,7-8,13H2,1-3H3. The van der Waals surface area contributed by atoms with Crippen molar-refractivity contribution in [2.45, 2.75) is 31.8 Å². The zero-order valence-electron chi connectivity index (χ0n) is 11.2. The highest BCUT2D eigenvalue weighted by molar-refractivity contribution is 7.88. The van der Waals surface area contributed by atoms with Gasteiger partial charge in [0.2, 0.25) is 10.0 Å². The summed E-state index contributed by atoms with van der Waals surface area (Å²) in [4.78, 5) is 0. The molecule has 4 N–H and O–H groups in total. The average molecular weight is 273 g/mol. The molecule has 1 aliphatic rings. The van der Waals surface area contributed by atoms with E-state index in [1.54, 1.807) is 0 Å². The minimum Gasteiger partial charge on any atom is -0.323 e. The van der Waals surface area contributed by atoms with E-state index in [0.29, 0.717) is 13.1 Å². The Morgan fingerprint density at radius 1 is 1.44 bits per heavy atom. The maximum Gasteiger partial charge on any atom is 0.208 e. The number of hydrogen-bond donors (Lipinski definition) is 3. The lowest BCUT2D eigenvalue weighted by Gasteiger charge is -2.35. The zero-order valence-corrected chi connectivity index (χ0v) is 12.0. The van der Waals surface area contributed by atoms with Crippen molar-refractivity contribution in [2.24, 2.45) is 5.73 Å². The van der Waals surface area contributed by atoms with Crippen LogP contribution in [0.4, 0.5) is 0 Å². The Labute approximate surface area is 110 Å². The molecule has 0 aromatic carbocycles. The van der Waals surface area contributed by atoms with Crippen LogP contribution < -0.4 is 15.8 Å². The number of nitrogens with two attached hydrogens (primary N) is 1. The number of nitrogens with one attached hydrogen (secondary N) is 2. The third-order valence-corrected chi connectivity index (χ3v) is 3.83. The Hall–Kier alpha value is -0.690. The molecule has 5 nitrogen and oxygen atoms in total. The Morgan fingerprint density at radius 2 is 2.11 bits per heavy atom. The van der Waals surface area contributed by atoms with Crippen LogP contribution in [0.1, 0.15) is 20.3 Å². The summed E-state index contributed by atoms with van der Waals surface area (Å²) >= 11 is 0. The quantitative estimate of drug-likeness (QED) is 0.600. The molecule has 0 bridgehead atoms. The molecule has 0 spiro atoms. The van der Waals surface area contributed by atoms with Gasteiger partial charge in [-0.15, -0.1) is 0 Å². The van der Waals surface area contributed by atoms with Gasteiger partial charge in [-0.05, 0) is 13.3 Å². The predicted octanol–water partition coefficient (Wildman–Crippen LogP) is 0.117. The molecule has 104 valence electrons. The van der Waals surface area contributed by atoms with Crippen LogP contribution in [0.25, 0.3) is 0 Å². The van der Waals surface area contributed by atoms with Crippen LogP contribution in [0, 0.1) is 0 Å². The first kappa shape index (κ1) is 15.4. The van der Waals surface area contributed by atoms with E-state index in [0.717, 1.165) is 12.7 Å². The summed E-state index contributed by atoms with van der Waals surface area (Å²) in [5, 5.41) is 3.31. The maximum atomic E-state index is 10.9. The van der Waals surface area contributed by atoms with Crippen molar-refractivity contribution in [1.29, 1.82) is 0 Å². The Balaban J connectivity index is 2.54. The van der Waals surface area contributed by atoms with E-state index >= 15 is 0 Å². The van der Waals surface area contributed by atoms with Crippen molar-refractivity contribution in [2.75, 3.05) is 19.3 Å². The monoisotopic (exact) mass is 273 g/mol. The van der Waals surface area contributed by atoms with Gasteiger partial charge in [0.1, 0.15) is 0 Å². The Bertz CT molecular complexity index is 442. The molecule has 0 aromatic heterocycles. The van der Waals surface area contributed by atoms with Gasteiger partial charge in [0, 0.05) is 19.1 Å². The van der Waals surface area contributed by atoms with Gasteiger partial charge in [-0.2, -0.15) is 0 Å². The minimum atomic E-state index is -3.13. The van der Waals surface area contributed by atoms with E-state index < -0.39 is 10.0 Å². The van der Waals surface area contributed by atoms with Crippen molar-refractivity contribution in [3.63, 3.8) is 0 Å². The normalized spacial score (nSPS) is 28.2. The van der Waals surface area contributed by atoms with Gasteiger partial charge >= 0.3 is 0 Å². The first-order chi connectivity index (χ1) is 8.27.